The van der Waals surface area contributed by atoms with Crippen LogP contribution in [0.5, 0.6) is 0 Å². The number of halogens is 3. The van der Waals surface area contributed by atoms with Crippen LogP contribution in [0.3, 0.4) is 0 Å². The zero-order chi connectivity index (χ0) is 28.5. The van der Waals surface area contributed by atoms with Gasteiger partial charge in [0.1, 0.15) is 18.1 Å². The van der Waals surface area contributed by atoms with Gasteiger partial charge in [0, 0.05) is 24.2 Å². The van der Waals surface area contributed by atoms with Crippen molar-refractivity contribution >= 4 is 35.0 Å². The van der Waals surface area contributed by atoms with Crippen LogP contribution in [0.4, 0.5) is 13.2 Å². The number of thioether (sulfide) groups is 1. The third-order valence-electron chi connectivity index (χ3n) is 6.45. The number of hydrogen-bond acceptors (Lipinski definition) is 8. The predicted octanol–water partition coefficient (Wildman–Crippen LogP) is 5.42. The zero-order valence-electron chi connectivity index (χ0n) is 22.4. The summed E-state index contributed by atoms with van der Waals surface area (Å²) in [5.74, 6) is -1.13. The van der Waals surface area contributed by atoms with E-state index < -0.39 is 18.1 Å². The van der Waals surface area contributed by atoms with E-state index in [1.54, 1.807) is 27.0 Å². The van der Waals surface area contributed by atoms with Crippen LogP contribution < -0.4 is 5.32 Å². The Labute approximate surface area is 229 Å². The number of allylic oxidation sites excluding steroid dienone is 1. The van der Waals surface area contributed by atoms with Crippen LogP contribution in [-0.4, -0.2) is 55.9 Å². The highest BCUT2D eigenvalue weighted by Crippen LogP contribution is 2.42. The van der Waals surface area contributed by atoms with Crippen molar-refractivity contribution in [2.45, 2.75) is 70.2 Å². The topological polar surface area (TPSA) is 95.7 Å². The second-order valence-corrected chi connectivity index (χ2v) is 10.5. The summed E-state index contributed by atoms with van der Waals surface area (Å²) in [6, 6.07) is 1.49. The maximum atomic E-state index is 14.1. The molecule has 2 aromatic rings. The first-order valence-electron chi connectivity index (χ1n) is 12.4. The van der Waals surface area contributed by atoms with Crippen molar-refractivity contribution in [1.29, 1.82) is 0 Å². The number of aliphatic imine (C=N–C) groups is 2. The molecule has 0 unspecified atom stereocenters. The standard InChI is InChI=1S/C27H30F3N7OS/c1-14(2)22-25(35-16(4)21-15(3)33-13-34-23(21)19-8-9-19)37(17(5)27(28,29)30)26(38)24(36-22)32-12-18-7-10-20(39-6)31-11-18/h7,10-11,13,17,19H,4,8-9,12H2,1-3,5-6H3,(H,32,36)/b35-25+/t17-/m0/s1. The number of aryl methyl sites for hydroxylation is 1. The molecule has 0 radical (unpaired) electrons. The van der Waals surface area contributed by atoms with Crippen LogP contribution in [0.1, 0.15) is 62.0 Å². The van der Waals surface area contributed by atoms with Crippen LogP contribution in [0.25, 0.3) is 5.70 Å². The molecule has 4 rings (SSSR count). The Morgan fingerprint density at radius 1 is 1.26 bits per heavy atom. The summed E-state index contributed by atoms with van der Waals surface area (Å²) >= 11 is 1.49. The minimum Gasteiger partial charge on any atom is -0.361 e. The molecule has 2 aromatic heterocycles. The van der Waals surface area contributed by atoms with Gasteiger partial charge < -0.3 is 5.32 Å². The van der Waals surface area contributed by atoms with Gasteiger partial charge in [0.2, 0.25) is 0 Å². The molecule has 0 saturated heterocycles. The van der Waals surface area contributed by atoms with Crippen LogP contribution in [-0.2, 0) is 11.3 Å². The highest BCUT2D eigenvalue weighted by molar-refractivity contribution is 7.98. The van der Waals surface area contributed by atoms with Crippen LogP contribution in [0.15, 0.2) is 57.5 Å². The van der Waals surface area contributed by atoms with E-state index in [-0.39, 0.29) is 35.5 Å². The molecule has 8 nitrogen and oxygen atoms in total. The first kappa shape index (κ1) is 28.5. The molecule has 1 saturated carbocycles. The van der Waals surface area contributed by atoms with Crippen LogP contribution in [0.2, 0.25) is 0 Å². The Morgan fingerprint density at radius 3 is 2.54 bits per heavy atom. The number of carbonyl (C=O) groups is 1. The van der Waals surface area contributed by atoms with Gasteiger partial charge in [-0.15, -0.1) is 11.8 Å². The first-order valence-corrected chi connectivity index (χ1v) is 13.6. The van der Waals surface area contributed by atoms with E-state index >= 15 is 0 Å². The molecule has 206 valence electrons. The number of nitrogens with zero attached hydrogens (tertiary/aromatic N) is 6. The third-order valence-corrected chi connectivity index (χ3v) is 7.11. The number of pyridine rings is 1. The van der Waals surface area contributed by atoms with E-state index in [0.717, 1.165) is 36.0 Å². The molecular weight excluding hydrogens is 527 g/mol. The average molecular weight is 558 g/mol. The Kier molecular flexibility index (Phi) is 8.24. The number of rotatable bonds is 7. The fourth-order valence-corrected chi connectivity index (χ4v) is 4.48. The smallest absolute Gasteiger partial charge is 0.361 e. The third kappa shape index (κ3) is 6.21. The molecular formula is C27H30F3N7OS. The van der Waals surface area contributed by atoms with E-state index in [1.165, 1.54) is 18.1 Å². The maximum Gasteiger partial charge on any atom is 0.409 e. The summed E-state index contributed by atoms with van der Waals surface area (Å²) in [4.78, 5) is 36.1. The summed E-state index contributed by atoms with van der Waals surface area (Å²) in [7, 11) is 0. The second kappa shape index (κ2) is 11.3. The van der Waals surface area contributed by atoms with E-state index in [9.17, 15) is 18.0 Å². The quantitative estimate of drug-likeness (QED) is 0.457. The largest absolute Gasteiger partial charge is 0.409 e. The van der Waals surface area contributed by atoms with Gasteiger partial charge >= 0.3 is 6.18 Å². The van der Waals surface area contributed by atoms with E-state index in [0.29, 0.717) is 21.7 Å². The number of alkyl halides is 3. The van der Waals surface area contributed by atoms with Gasteiger partial charge in [-0.25, -0.2) is 24.9 Å². The highest BCUT2D eigenvalue weighted by atomic mass is 32.2. The number of carbonyl (C=O) groups excluding carboxylic acids is 1. The molecule has 1 aliphatic heterocycles. The zero-order valence-corrected chi connectivity index (χ0v) is 23.2. The van der Waals surface area contributed by atoms with Gasteiger partial charge in [0.05, 0.1) is 22.1 Å². The fourth-order valence-electron chi connectivity index (χ4n) is 4.12. The molecule has 0 aromatic carbocycles. The van der Waals surface area contributed by atoms with Gasteiger partial charge in [0.15, 0.2) is 11.7 Å². The molecule has 0 spiro atoms. The average Bonchev–Trinajstić information content (AvgIpc) is 3.73. The van der Waals surface area contributed by atoms with Crippen molar-refractivity contribution < 1.29 is 18.0 Å². The fraction of sp³-hybridized carbons (Fsp3) is 0.407. The van der Waals surface area contributed by atoms with Gasteiger partial charge in [-0.1, -0.05) is 12.6 Å². The summed E-state index contributed by atoms with van der Waals surface area (Å²) in [6.07, 6.45) is 2.20. The summed E-state index contributed by atoms with van der Waals surface area (Å²) in [5, 5.41) is 3.73. The monoisotopic (exact) mass is 557 g/mol. The Hall–Kier alpha value is -3.54. The summed E-state index contributed by atoms with van der Waals surface area (Å²) < 4.78 is 42.2. The maximum absolute atomic E-state index is 14.1. The van der Waals surface area contributed by atoms with Crippen molar-refractivity contribution in [2.75, 3.05) is 6.26 Å². The van der Waals surface area contributed by atoms with Gasteiger partial charge in [-0.2, -0.15) is 13.2 Å². The van der Waals surface area contributed by atoms with Crippen molar-refractivity contribution in [2.24, 2.45) is 9.98 Å². The van der Waals surface area contributed by atoms with Crippen LogP contribution in [0, 0.1) is 6.92 Å². The molecule has 1 atom stereocenters. The van der Waals surface area contributed by atoms with E-state index in [4.69, 9.17) is 0 Å². The lowest BCUT2D eigenvalue weighted by molar-refractivity contribution is -0.173. The van der Waals surface area contributed by atoms with Crippen molar-refractivity contribution in [3.8, 4) is 0 Å². The van der Waals surface area contributed by atoms with Crippen molar-refractivity contribution in [1.82, 2.24) is 25.2 Å². The Morgan fingerprint density at radius 2 is 1.97 bits per heavy atom. The van der Waals surface area contributed by atoms with Crippen LogP contribution >= 0.6 is 11.8 Å². The molecule has 3 heterocycles. The number of nitrogens with one attached hydrogen (secondary N) is 1. The molecule has 1 amide bonds. The second-order valence-electron chi connectivity index (χ2n) is 9.64. The molecule has 1 fully saturated rings. The summed E-state index contributed by atoms with van der Waals surface area (Å²) in [5.41, 5.74) is 3.64. The summed E-state index contributed by atoms with van der Waals surface area (Å²) in [6.45, 7) is 10.3. The van der Waals surface area contributed by atoms with Gasteiger partial charge in [-0.05, 0) is 64.0 Å². The van der Waals surface area contributed by atoms with Gasteiger partial charge in [0.25, 0.3) is 5.91 Å². The van der Waals surface area contributed by atoms with Crippen molar-refractivity contribution in [3.63, 3.8) is 0 Å². The lowest BCUT2D eigenvalue weighted by Crippen LogP contribution is -2.57. The molecule has 12 heteroatoms. The van der Waals surface area contributed by atoms with Gasteiger partial charge in [-0.3, -0.25) is 9.69 Å². The molecule has 0 bridgehead atoms. The van der Waals surface area contributed by atoms with E-state index in [1.807, 2.05) is 18.4 Å². The first-order chi connectivity index (χ1) is 18.4. The lowest BCUT2D eigenvalue weighted by Gasteiger charge is -2.35. The molecule has 2 aliphatic rings. The molecule has 1 aliphatic carbocycles. The number of amides is 1. The predicted molar refractivity (Wildman–Crippen MR) is 146 cm³/mol. The number of hydrogen-bond donors (Lipinski definition) is 1. The molecule has 1 N–H and O–H groups in total. The number of aromatic nitrogens is 3. The highest BCUT2D eigenvalue weighted by Gasteiger charge is 2.47. The van der Waals surface area contributed by atoms with E-state index in [2.05, 4.69) is 36.8 Å². The normalized spacial score (nSPS) is 17.8. The SMILES string of the molecule is C=C(/N=C1\C(=C(C)C)N=C(NCc2ccc(SC)nc2)C(=O)N1[C@@H](C)C(F)(F)F)c1c(C)ncnc1C1CC1. The minimum absolute atomic E-state index is 0.154. The Balaban J connectivity index is 1.77. The lowest BCUT2D eigenvalue weighted by atomic mass is 10.1. The Bertz CT molecular complexity index is 1370. The van der Waals surface area contributed by atoms with Crippen molar-refractivity contribution in [3.05, 3.63) is 65.0 Å². The number of amidine groups is 2. The molecule has 39 heavy (non-hydrogen) atoms. The minimum atomic E-state index is -4.71.